The molecule has 80 valence electrons. The smallest absolute Gasteiger partial charge is 0.102 e. The maximum absolute atomic E-state index is 9.14. The standard InChI is InChI=1S/C15H10N2/c16-9-14-12-6-2-1-4-10-5-3-7-11(10)13(12)8-15(14)17/h1-8H,17H2. The van der Waals surface area contributed by atoms with Crippen molar-refractivity contribution in [1.29, 1.82) is 5.26 Å². The molecule has 0 aromatic heterocycles. The van der Waals surface area contributed by atoms with E-state index in [9.17, 15) is 0 Å². The second-order valence-electron chi connectivity index (χ2n) is 4.03. The summed E-state index contributed by atoms with van der Waals surface area (Å²) in [5.74, 6) is 0. The molecule has 0 saturated carbocycles. The molecular formula is C15H10N2. The highest BCUT2D eigenvalue weighted by molar-refractivity contribution is 5.93. The number of anilines is 1. The molecule has 17 heavy (non-hydrogen) atoms. The molecule has 3 aliphatic rings. The molecule has 0 spiro atoms. The Hall–Kier alpha value is -2.53. The number of fused-ring (bicyclic) bond motifs is 3. The van der Waals surface area contributed by atoms with Gasteiger partial charge in [0.25, 0.3) is 0 Å². The van der Waals surface area contributed by atoms with Gasteiger partial charge in [-0.1, -0.05) is 42.5 Å². The lowest BCUT2D eigenvalue weighted by Crippen LogP contribution is -1.83. The Morgan fingerprint density at radius 1 is 0.882 bits per heavy atom. The van der Waals surface area contributed by atoms with Crippen molar-refractivity contribution in [3.63, 3.8) is 0 Å². The highest BCUT2D eigenvalue weighted by atomic mass is 14.6. The number of hydrogen-bond acceptors (Lipinski definition) is 2. The molecule has 2 N–H and O–H groups in total. The van der Waals surface area contributed by atoms with Gasteiger partial charge in [-0.05, 0) is 22.8 Å². The molecule has 0 aliphatic heterocycles. The minimum Gasteiger partial charge on any atom is -0.398 e. The van der Waals surface area contributed by atoms with Gasteiger partial charge >= 0.3 is 0 Å². The van der Waals surface area contributed by atoms with Crippen molar-refractivity contribution < 1.29 is 0 Å². The van der Waals surface area contributed by atoms with Crippen LogP contribution < -0.4 is 5.73 Å². The quantitative estimate of drug-likeness (QED) is 0.629. The van der Waals surface area contributed by atoms with Crippen LogP contribution in [0.4, 0.5) is 5.69 Å². The van der Waals surface area contributed by atoms with Crippen molar-refractivity contribution in [1.82, 2.24) is 0 Å². The summed E-state index contributed by atoms with van der Waals surface area (Å²) in [6.07, 6.45) is 0. The van der Waals surface area contributed by atoms with Crippen LogP contribution in [0, 0.1) is 11.3 Å². The predicted molar refractivity (Wildman–Crippen MR) is 68.8 cm³/mol. The number of nitrogens with zero attached hydrogens (tertiary/aromatic N) is 1. The fraction of sp³-hybridized carbons (Fsp3) is 0. The van der Waals surface area contributed by atoms with E-state index in [0.717, 1.165) is 22.3 Å². The second kappa shape index (κ2) is 3.50. The maximum atomic E-state index is 9.14. The van der Waals surface area contributed by atoms with Crippen molar-refractivity contribution in [2.75, 3.05) is 5.73 Å². The van der Waals surface area contributed by atoms with E-state index in [-0.39, 0.29) is 0 Å². The minimum absolute atomic E-state index is 0.552. The van der Waals surface area contributed by atoms with Crippen LogP contribution in [0.2, 0.25) is 0 Å². The predicted octanol–water partition coefficient (Wildman–Crippen LogP) is 3.35. The Kier molecular flexibility index (Phi) is 1.99. The third kappa shape index (κ3) is 1.33. The normalized spacial score (nSPS) is 10.5. The maximum Gasteiger partial charge on any atom is 0.102 e. The van der Waals surface area contributed by atoms with Crippen LogP contribution in [-0.4, -0.2) is 0 Å². The first-order valence-corrected chi connectivity index (χ1v) is 5.41. The van der Waals surface area contributed by atoms with Crippen molar-refractivity contribution in [2.24, 2.45) is 0 Å². The molecule has 0 bridgehead atoms. The van der Waals surface area contributed by atoms with E-state index < -0.39 is 0 Å². The number of nitrogens with two attached hydrogens (primary N) is 1. The first kappa shape index (κ1) is 9.68. The molecular weight excluding hydrogens is 208 g/mol. The van der Waals surface area contributed by atoms with Gasteiger partial charge in [-0.3, -0.25) is 0 Å². The van der Waals surface area contributed by atoms with Crippen molar-refractivity contribution in [3.05, 3.63) is 54.1 Å². The fourth-order valence-electron chi connectivity index (χ4n) is 2.25. The summed E-state index contributed by atoms with van der Waals surface area (Å²) < 4.78 is 0. The molecule has 0 radical (unpaired) electrons. The zero-order valence-corrected chi connectivity index (χ0v) is 9.14. The third-order valence-electron chi connectivity index (χ3n) is 3.05. The average molecular weight is 218 g/mol. The van der Waals surface area contributed by atoms with E-state index >= 15 is 0 Å². The van der Waals surface area contributed by atoms with Gasteiger partial charge in [0.15, 0.2) is 0 Å². The van der Waals surface area contributed by atoms with Crippen LogP contribution in [-0.2, 0) is 0 Å². The van der Waals surface area contributed by atoms with E-state index in [1.165, 1.54) is 0 Å². The molecule has 3 aliphatic carbocycles. The van der Waals surface area contributed by atoms with Gasteiger partial charge in [-0.25, -0.2) is 0 Å². The Labute approximate surface area is 99.6 Å². The Balaban J connectivity index is 2.45. The van der Waals surface area contributed by atoms with Crippen LogP contribution in [0.3, 0.4) is 0 Å². The Bertz CT molecular complexity index is 679. The molecule has 0 unspecified atom stereocenters. The van der Waals surface area contributed by atoms with Gasteiger partial charge in [0.1, 0.15) is 6.07 Å². The van der Waals surface area contributed by atoms with Gasteiger partial charge in [-0.2, -0.15) is 5.26 Å². The lowest BCUT2D eigenvalue weighted by atomic mass is 10.00. The first-order chi connectivity index (χ1) is 8.31. The van der Waals surface area contributed by atoms with Gasteiger partial charge in [0.2, 0.25) is 0 Å². The molecule has 0 saturated heterocycles. The zero-order chi connectivity index (χ0) is 11.8. The Morgan fingerprint density at radius 2 is 1.59 bits per heavy atom. The van der Waals surface area contributed by atoms with E-state index in [1.807, 2.05) is 30.3 Å². The summed E-state index contributed by atoms with van der Waals surface area (Å²) in [5.41, 5.74) is 11.3. The van der Waals surface area contributed by atoms with Crippen molar-refractivity contribution in [3.8, 4) is 28.3 Å². The topological polar surface area (TPSA) is 49.8 Å². The van der Waals surface area contributed by atoms with E-state index in [2.05, 4.69) is 24.3 Å². The molecule has 0 amide bonds. The molecule has 0 atom stereocenters. The minimum atomic E-state index is 0.552. The fourth-order valence-corrected chi connectivity index (χ4v) is 2.25. The largest absolute Gasteiger partial charge is 0.398 e. The molecule has 0 heterocycles. The van der Waals surface area contributed by atoms with Gasteiger partial charge in [-0.15, -0.1) is 0 Å². The van der Waals surface area contributed by atoms with Gasteiger partial charge < -0.3 is 5.73 Å². The molecule has 3 rings (SSSR count). The summed E-state index contributed by atoms with van der Waals surface area (Å²) in [4.78, 5) is 0. The SMILES string of the molecule is N#Cc1c(N)cc2c3cccc-3ccccc1-2. The highest BCUT2D eigenvalue weighted by Crippen LogP contribution is 2.39. The summed E-state index contributed by atoms with van der Waals surface area (Å²) in [6, 6.07) is 18.1. The van der Waals surface area contributed by atoms with Crippen LogP contribution >= 0.6 is 0 Å². The highest BCUT2D eigenvalue weighted by Gasteiger charge is 2.17. The summed E-state index contributed by atoms with van der Waals surface area (Å²) in [5, 5.41) is 9.14. The van der Waals surface area contributed by atoms with E-state index in [4.69, 9.17) is 11.0 Å². The van der Waals surface area contributed by atoms with E-state index in [0.29, 0.717) is 11.3 Å². The van der Waals surface area contributed by atoms with Gasteiger partial charge in [0.05, 0.1) is 11.3 Å². The van der Waals surface area contributed by atoms with Crippen LogP contribution in [0.25, 0.3) is 22.3 Å². The van der Waals surface area contributed by atoms with Gasteiger partial charge in [0, 0.05) is 5.56 Å². The van der Waals surface area contributed by atoms with E-state index in [1.54, 1.807) is 0 Å². The number of hydrogen-bond donors (Lipinski definition) is 1. The number of rotatable bonds is 0. The average Bonchev–Trinajstić information content (AvgIpc) is 2.86. The summed E-state index contributed by atoms with van der Waals surface area (Å²) in [7, 11) is 0. The molecule has 2 heteroatoms. The molecule has 0 aromatic rings. The lowest BCUT2D eigenvalue weighted by molar-refractivity contribution is 1.50. The van der Waals surface area contributed by atoms with Crippen molar-refractivity contribution >= 4 is 5.69 Å². The van der Waals surface area contributed by atoms with Crippen molar-refractivity contribution in [2.45, 2.75) is 0 Å². The lowest BCUT2D eigenvalue weighted by Gasteiger charge is -2.02. The number of nitriles is 1. The monoisotopic (exact) mass is 218 g/mol. The van der Waals surface area contributed by atoms with Crippen LogP contribution in [0.15, 0.2) is 48.5 Å². The zero-order valence-electron chi connectivity index (χ0n) is 9.14. The van der Waals surface area contributed by atoms with Crippen LogP contribution in [0.5, 0.6) is 0 Å². The first-order valence-electron chi connectivity index (χ1n) is 5.41. The van der Waals surface area contributed by atoms with Crippen LogP contribution in [0.1, 0.15) is 5.56 Å². The third-order valence-corrected chi connectivity index (χ3v) is 3.05. The summed E-state index contributed by atoms with van der Waals surface area (Å²) >= 11 is 0. The Morgan fingerprint density at radius 3 is 2.41 bits per heavy atom. The molecule has 2 nitrogen and oxygen atoms in total. The second-order valence-corrected chi connectivity index (χ2v) is 4.03. The molecule has 0 fully saturated rings. The molecule has 0 aromatic carbocycles. The summed E-state index contributed by atoms with van der Waals surface area (Å²) in [6.45, 7) is 0. The number of nitrogen functional groups attached to an aromatic ring is 1.